The molecule has 2 saturated heterocycles. The molecule has 0 aliphatic carbocycles. The fourth-order valence-corrected chi connectivity index (χ4v) is 6.45. The van der Waals surface area contributed by atoms with Crippen LogP contribution in [0.5, 0.6) is 0 Å². The van der Waals surface area contributed by atoms with Crippen LogP contribution < -0.4 is 0 Å². The maximum Gasteiger partial charge on any atom is 0.236 e. The molecule has 2 fully saturated rings. The largest absolute Gasteiger partial charge is 0.324 e. The van der Waals surface area contributed by atoms with E-state index in [4.69, 9.17) is 0 Å². The van der Waals surface area contributed by atoms with Gasteiger partial charge in [0.15, 0.2) is 0 Å². The van der Waals surface area contributed by atoms with E-state index in [2.05, 4.69) is 0 Å². The third-order valence-electron chi connectivity index (χ3n) is 5.34. The van der Waals surface area contributed by atoms with Crippen molar-refractivity contribution >= 4 is 35.3 Å². The van der Waals surface area contributed by atoms with Crippen molar-refractivity contribution in [3.63, 3.8) is 0 Å². The second kappa shape index (κ2) is 8.59. The Labute approximate surface area is 183 Å². The van der Waals surface area contributed by atoms with Gasteiger partial charge in [-0.1, -0.05) is 24.3 Å². The van der Waals surface area contributed by atoms with Crippen molar-refractivity contribution in [3.05, 3.63) is 71.3 Å². The number of benzene rings is 2. The van der Waals surface area contributed by atoms with Crippen LogP contribution in [0.1, 0.15) is 35.7 Å². The van der Waals surface area contributed by atoms with E-state index in [0.29, 0.717) is 13.1 Å². The maximum atomic E-state index is 13.7. The smallest absolute Gasteiger partial charge is 0.236 e. The Morgan fingerprint density at radius 2 is 1.17 bits per heavy atom. The van der Waals surface area contributed by atoms with Crippen molar-refractivity contribution < 1.29 is 18.4 Å². The molecular weight excluding hydrogens is 426 g/mol. The summed E-state index contributed by atoms with van der Waals surface area (Å²) < 4.78 is 27.5. The number of thioether (sulfide) groups is 2. The summed E-state index contributed by atoms with van der Waals surface area (Å²) in [5.74, 6) is -0.731. The molecule has 4 rings (SSSR count). The van der Waals surface area contributed by atoms with Crippen LogP contribution in [0.4, 0.5) is 8.78 Å². The van der Waals surface area contributed by atoms with E-state index in [-0.39, 0.29) is 44.7 Å². The molecule has 2 aromatic carbocycles. The molecule has 4 nitrogen and oxygen atoms in total. The molecule has 2 aromatic rings. The van der Waals surface area contributed by atoms with E-state index in [9.17, 15) is 18.4 Å². The van der Waals surface area contributed by atoms with Crippen LogP contribution in [0.25, 0.3) is 0 Å². The van der Waals surface area contributed by atoms with Gasteiger partial charge in [0.1, 0.15) is 22.4 Å². The quantitative estimate of drug-likeness (QED) is 0.671. The van der Waals surface area contributed by atoms with Crippen LogP contribution >= 0.6 is 23.5 Å². The first-order chi connectivity index (χ1) is 14.3. The second-order valence-corrected chi connectivity index (χ2v) is 10.3. The molecule has 0 bridgehead atoms. The van der Waals surface area contributed by atoms with Crippen molar-refractivity contribution in [3.8, 4) is 0 Å². The van der Waals surface area contributed by atoms with Gasteiger partial charge in [0.05, 0.1) is 10.5 Å². The highest BCUT2D eigenvalue weighted by molar-refractivity contribution is 8.01. The number of hydrogen-bond donors (Lipinski definition) is 0. The molecule has 2 aliphatic rings. The van der Waals surface area contributed by atoms with Gasteiger partial charge in [-0.05, 0) is 49.2 Å². The fraction of sp³-hybridized carbons (Fsp3) is 0.364. The second-order valence-electron chi connectivity index (χ2n) is 7.43. The summed E-state index contributed by atoms with van der Waals surface area (Å²) in [7, 11) is 0. The highest BCUT2D eigenvalue weighted by atomic mass is 32.2. The minimum atomic E-state index is -0.342. The molecular formula is C22H22F2N2O2S2. The lowest BCUT2D eigenvalue weighted by Gasteiger charge is -2.29. The zero-order valence-corrected chi connectivity index (χ0v) is 18.3. The Balaban J connectivity index is 1.55. The summed E-state index contributed by atoms with van der Waals surface area (Å²) in [4.78, 5) is 29.0. The molecule has 158 valence electrons. The average molecular weight is 449 g/mol. The molecule has 0 spiro atoms. The van der Waals surface area contributed by atoms with Gasteiger partial charge in [-0.2, -0.15) is 0 Å². The lowest BCUT2D eigenvalue weighted by Crippen LogP contribution is -2.40. The monoisotopic (exact) mass is 448 g/mol. The SMILES string of the molecule is CC1SC(c2cccc(F)c2)N(CCN2C(=O)C(C)SC2c2cccc(F)c2)C1=O. The number of nitrogens with zero attached hydrogens (tertiary/aromatic N) is 2. The number of carbonyl (C=O) groups excluding carboxylic acids is 2. The van der Waals surface area contributed by atoms with Crippen molar-refractivity contribution in [2.75, 3.05) is 13.1 Å². The molecule has 0 N–H and O–H groups in total. The first kappa shape index (κ1) is 21.2. The van der Waals surface area contributed by atoms with Gasteiger partial charge < -0.3 is 9.80 Å². The number of rotatable bonds is 5. The van der Waals surface area contributed by atoms with E-state index in [1.54, 1.807) is 21.9 Å². The Kier molecular flexibility index (Phi) is 6.06. The van der Waals surface area contributed by atoms with Crippen molar-refractivity contribution in [1.82, 2.24) is 9.80 Å². The molecule has 0 saturated carbocycles. The van der Waals surface area contributed by atoms with Crippen LogP contribution in [0.3, 0.4) is 0 Å². The van der Waals surface area contributed by atoms with Crippen molar-refractivity contribution in [1.29, 1.82) is 0 Å². The summed E-state index contributed by atoms with van der Waals surface area (Å²) >= 11 is 2.96. The van der Waals surface area contributed by atoms with Gasteiger partial charge in [0, 0.05) is 13.1 Å². The average Bonchev–Trinajstić information content (AvgIpc) is 3.16. The topological polar surface area (TPSA) is 40.6 Å². The number of hydrogen-bond acceptors (Lipinski definition) is 4. The summed E-state index contributed by atoms with van der Waals surface area (Å²) in [6.07, 6.45) is 0. The lowest BCUT2D eigenvalue weighted by atomic mass is 10.2. The van der Waals surface area contributed by atoms with Crippen molar-refractivity contribution in [2.45, 2.75) is 35.1 Å². The molecule has 2 aliphatic heterocycles. The summed E-state index contributed by atoms with van der Waals surface area (Å²) in [5.41, 5.74) is 1.46. The van der Waals surface area contributed by atoms with Crippen LogP contribution in [-0.4, -0.2) is 45.2 Å². The van der Waals surface area contributed by atoms with E-state index >= 15 is 0 Å². The van der Waals surface area contributed by atoms with Gasteiger partial charge in [-0.15, -0.1) is 23.5 Å². The lowest BCUT2D eigenvalue weighted by molar-refractivity contribution is -0.133. The Hall–Kier alpha value is -2.06. The number of halogens is 2. The number of amides is 2. The molecule has 2 amide bonds. The van der Waals surface area contributed by atoms with E-state index in [1.165, 1.54) is 47.8 Å². The highest BCUT2D eigenvalue weighted by Gasteiger charge is 2.42. The Bertz CT molecular complexity index is 896. The normalized spacial score (nSPS) is 26.7. The third kappa shape index (κ3) is 4.07. The predicted molar refractivity (Wildman–Crippen MR) is 116 cm³/mol. The minimum Gasteiger partial charge on any atom is -0.324 e. The first-order valence-electron chi connectivity index (χ1n) is 9.78. The summed E-state index contributed by atoms with van der Waals surface area (Å²) in [6, 6.07) is 12.6. The first-order valence-corrected chi connectivity index (χ1v) is 11.7. The molecule has 4 unspecified atom stereocenters. The van der Waals surface area contributed by atoms with Gasteiger partial charge in [0.25, 0.3) is 0 Å². The van der Waals surface area contributed by atoms with E-state index < -0.39 is 0 Å². The zero-order chi connectivity index (χ0) is 21.4. The molecule has 2 heterocycles. The van der Waals surface area contributed by atoms with E-state index in [0.717, 1.165) is 11.1 Å². The van der Waals surface area contributed by atoms with Gasteiger partial charge >= 0.3 is 0 Å². The van der Waals surface area contributed by atoms with Gasteiger partial charge in [0.2, 0.25) is 11.8 Å². The summed E-state index contributed by atoms with van der Waals surface area (Å²) in [6.45, 7) is 4.35. The van der Waals surface area contributed by atoms with Crippen LogP contribution in [0, 0.1) is 11.6 Å². The van der Waals surface area contributed by atoms with Crippen LogP contribution in [0.15, 0.2) is 48.5 Å². The molecule has 0 aromatic heterocycles. The highest BCUT2D eigenvalue weighted by Crippen LogP contribution is 2.45. The minimum absolute atomic E-state index is 0.0242. The zero-order valence-electron chi connectivity index (χ0n) is 16.6. The maximum absolute atomic E-state index is 13.7. The summed E-state index contributed by atoms with van der Waals surface area (Å²) in [5, 5.41) is -1.06. The molecule has 8 heteroatoms. The van der Waals surface area contributed by atoms with Crippen LogP contribution in [-0.2, 0) is 9.59 Å². The third-order valence-corrected chi connectivity index (χ3v) is 8.13. The van der Waals surface area contributed by atoms with Gasteiger partial charge in [-0.3, -0.25) is 9.59 Å². The molecule has 30 heavy (non-hydrogen) atoms. The fourth-order valence-electron chi connectivity index (χ4n) is 3.86. The molecule has 4 atom stereocenters. The standard InChI is InChI=1S/C22H22F2N2O2S2/c1-13-19(27)25(21(29-13)15-5-3-7-17(23)11-15)9-10-26-20(28)14(2)30-22(26)16-6-4-8-18(24)12-16/h3-8,11-14,21-22H,9-10H2,1-2H3. The Morgan fingerprint density at radius 1 is 0.767 bits per heavy atom. The van der Waals surface area contributed by atoms with E-state index in [1.807, 2.05) is 26.0 Å². The predicted octanol–water partition coefficient (Wildman–Crippen LogP) is 4.59. The molecule has 0 radical (unpaired) electrons. The Morgan fingerprint density at radius 3 is 1.53 bits per heavy atom. The number of carbonyl (C=O) groups is 2. The van der Waals surface area contributed by atoms with Crippen molar-refractivity contribution in [2.24, 2.45) is 0 Å². The van der Waals surface area contributed by atoms with Crippen LogP contribution in [0.2, 0.25) is 0 Å². The van der Waals surface area contributed by atoms with Gasteiger partial charge in [-0.25, -0.2) is 8.78 Å².